The molecule has 1 rings (SSSR count). The fourth-order valence-corrected chi connectivity index (χ4v) is 1.02. The normalized spacial score (nSPS) is 12.5. The lowest BCUT2D eigenvalue weighted by Crippen LogP contribution is -2.09. The second kappa shape index (κ2) is 3.56. The highest BCUT2D eigenvalue weighted by molar-refractivity contribution is 6.30. The first-order chi connectivity index (χ1) is 5.61. The van der Waals surface area contributed by atoms with Crippen LogP contribution in [0.4, 0.5) is 0 Å². The number of aliphatic carboxylic acids is 1. The number of benzene rings is 1. The number of aliphatic hydroxyl groups is 1. The number of hydrogen-bond donors (Lipinski definition) is 2. The minimum Gasteiger partial charge on any atom is -0.479 e. The molecule has 2 N–H and O–H groups in total. The highest BCUT2D eigenvalue weighted by Crippen LogP contribution is 2.17. The van der Waals surface area contributed by atoms with E-state index in [1.165, 1.54) is 12.1 Å². The molecule has 0 aromatic heterocycles. The molecule has 0 unspecified atom stereocenters. The second-order valence-corrected chi connectivity index (χ2v) is 2.73. The molecule has 3 nitrogen and oxygen atoms in total. The first-order valence-electron chi connectivity index (χ1n) is 3.27. The lowest BCUT2D eigenvalue weighted by molar-refractivity contribution is -0.146. The molecule has 0 aliphatic carbocycles. The Morgan fingerprint density at radius 2 is 2.17 bits per heavy atom. The molecule has 64 valence electrons. The van der Waals surface area contributed by atoms with E-state index >= 15 is 0 Å². The van der Waals surface area contributed by atoms with E-state index in [1.54, 1.807) is 12.1 Å². The van der Waals surface area contributed by atoms with Crippen molar-refractivity contribution in [3.8, 4) is 0 Å². The molecule has 0 aliphatic rings. The van der Waals surface area contributed by atoms with Gasteiger partial charge in [-0.05, 0) is 17.7 Å². The molecule has 0 aliphatic heterocycles. The Kier molecular flexibility index (Phi) is 2.68. The SMILES string of the molecule is O=C(O)[C@@H](O)c1cccc(Cl)c1. The average molecular weight is 187 g/mol. The zero-order valence-corrected chi connectivity index (χ0v) is 6.82. The van der Waals surface area contributed by atoms with Gasteiger partial charge >= 0.3 is 5.97 Å². The molecule has 0 bridgehead atoms. The maximum absolute atomic E-state index is 10.3. The molecule has 0 amide bonds. The van der Waals surface area contributed by atoms with E-state index in [9.17, 15) is 4.79 Å². The Balaban J connectivity index is 2.95. The van der Waals surface area contributed by atoms with Crippen LogP contribution in [-0.4, -0.2) is 16.2 Å². The van der Waals surface area contributed by atoms with Gasteiger partial charge in [0.15, 0.2) is 6.10 Å². The molecule has 0 radical (unpaired) electrons. The summed E-state index contributed by atoms with van der Waals surface area (Å²) >= 11 is 5.59. The monoisotopic (exact) mass is 186 g/mol. The third-order valence-electron chi connectivity index (χ3n) is 1.40. The Hall–Kier alpha value is -1.06. The van der Waals surface area contributed by atoms with E-state index in [0.29, 0.717) is 5.02 Å². The summed E-state index contributed by atoms with van der Waals surface area (Å²) in [7, 11) is 0. The quantitative estimate of drug-likeness (QED) is 0.735. The van der Waals surface area contributed by atoms with Gasteiger partial charge in [0, 0.05) is 5.02 Å². The number of carbonyl (C=O) groups is 1. The highest BCUT2D eigenvalue weighted by Gasteiger charge is 2.15. The van der Waals surface area contributed by atoms with Gasteiger partial charge in [-0.3, -0.25) is 0 Å². The van der Waals surface area contributed by atoms with Crippen LogP contribution in [0.3, 0.4) is 0 Å². The summed E-state index contributed by atoms with van der Waals surface area (Å²) in [5.41, 5.74) is 0.287. The minimum absolute atomic E-state index is 0.287. The predicted molar refractivity (Wildman–Crippen MR) is 44.0 cm³/mol. The highest BCUT2D eigenvalue weighted by atomic mass is 35.5. The fourth-order valence-electron chi connectivity index (χ4n) is 0.819. The Labute approximate surface area is 74.2 Å². The van der Waals surface area contributed by atoms with Gasteiger partial charge in [-0.15, -0.1) is 0 Å². The van der Waals surface area contributed by atoms with Crippen LogP contribution in [0.5, 0.6) is 0 Å². The topological polar surface area (TPSA) is 57.5 Å². The van der Waals surface area contributed by atoms with Gasteiger partial charge in [-0.25, -0.2) is 4.79 Å². The van der Waals surface area contributed by atoms with Gasteiger partial charge in [0.05, 0.1) is 0 Å². The minimum atomic E-state index is -1.50. The zero-order valence-electron chi connectivity index (χ0n) is 6.07. The van der Waals surface area contributed by atoms with E-state index < -0.39 is 12.1 Å². The molecule has 0 heterocycles. The molecule has 0 saturated heterocycles. The summed E-state index contributed by atoms with van der Waals surface area (Å²) in [5.74, 6) is -1.28. The second-order valence-electron chi connectivity index (χ2n) is 2.30. The van der Waals surface area contributed by atoms with Gasteiger partial charge in [-0.2, -0.15) is 0 Å². The van der Waals surface area contributed by atoms with Crippen LogP contribution in [0.2, 0.25) is 5.02 Å². The van der Waals surface area contributed by atoms with Crippen LogP contribution >= 0.6 is 11.6 Å². The van der Waals surface area contributed by atoms with Crippen LogP contribution in [-0.2, 0) is 4.79 Å². The van der Waals surface area contributed by atoms with Gasteiger partial charge in [-0.1, -0.05) is 23.7 Å². The van der Waals surface area contributed by atoms with Crippen molar-refractivity contribution in [2.75, 3.05) is 0 Å². The van der Waals surface area contributed by atoms with Gasteiger partial charge in [0.2, 0.25) is 0 Å². The first kappa shape index (κ1) is 9.03. The maximum Gasteiger partial charge on any atom is 0.337 e. The molecule has 4 heteroatoms. The summed E-state index contributed by atoms with van der Waals surface area (Å²) < 4.78 is 0. The number of aliphatic hydroxyl groups excluding tert-OH is 1. The fraction of sp³-hybridized carbons (Fsp3) is 0.125. The van der Waals surface area contributed by atoms with E-state index in [4.69, 9.17) is 21.8 Å². The Morgan fingerprint density at radius 1 is 1.50 bits per heavy atom. The van der Waals surface area contributed by atoms with Crippen molar-refractivity contribution in [2.24, 2.45) is 0 Å². The van der Waals surface area contributed by atoms with E-state index in [2.05, 4.69) is 0 Å². The summed E-state index contributed by atoms with van der Waals surface area (Å²) in [6, 6.07) is 6.12. The van der Waals surface area contributed by atoms with Gasteiger partial charge in [0.1, 0.15) is 0 Å². The van der Waals surface area contributed by atoms with Crippen molar-refractivity contribution in [3.63, 3.8) is 0 Å². The average Bonchev–Trinajstić information content (AvgIpc) is 2.03. The van der Waals surface area contributed by atoms with Crippen molar-refractivity contribution in [3.05, 3.63) is 34.9 Å². The third kappa shape index (κ3) is 1.96. The lowest BCUT2D eigenvalue weighted by Gasteiger charge is -2.04. The van der Waals surface area contributed by atoms with E-state index in [-0.39, 0.29) is 5.56 Å². The zero-order chi connectivity index (χ0) is 9.14. The lowest BCUT2D eigenvalue weighted by atomic mass is 10.1. The van der Waals surface area contributed by atoms with Crippen molar-refractivity contribution in [2.45, 2.75) is 6.10 Å². The molecular formula is C8H7ClO3. The predicted octanol–water partition coefficient (Wildman–Crippen LogP) is 1.46. The first-order valence-corrected chi connectivity index (χ1v) is 3.65. The smallest absolute Gasteiger partial charge is 0.337 e. The van der Waals surface area contributed by atoms with Crippen LogP contribution in [0, 0.1) is 0 Å². The van der Waals surface area contributed by atoms with Crippen molar-refractivity contribution < 1.29 is 15.0 Å². The number of hydrogen-bond acceptors (Lipinski definition) is 2. The van der Waals surface area contributed by atoms with Crippen LogP contribution in [0.15, 0.2) is 24.3 Å². The van der Waals surface area contributed by atoms with Crippen LogP contribution < -0.4 is 0 Å². The molecule has 0 fully saturated rings. The molecule has 1 atom stereocenters. The van der Waals surface area contributed by atoms with Crippen molar-refractivity contribution in [1.29, 1.82) is 0 Å². The molecule has 1 aromatic carbocycles. The summed E-state index contributed by atoms with van der Waals surface area (Å²) in [6.07, 6.45) is -1.50. The largest absolute Gasteiger partial charge is 0.479 e. The molecule has 12 heavy (non-hydrogen) atoms. The van der Waals surface area contributed by atoms with Gasteiger partial charge in [0.25, 0.3) is 0 Å². The Morgan fingerprint density at radius 3 is 2.67 bits per heavy atom. The summed E-state index contributed by atoms with van der Waals surface area (Å²) in [4.78, 5) is 10.3. The number of halogens is 1. The van der Waals surface area contributed by atoms with Crippen molar-refractivity contribution >= 4 is 17.6 Å². The maximum atomic E-state index is 10.3. The number of carboxylic acids is 1. The van der Waals surface area contributed by atoms with Crippen LogP contribution in [0.1, 0.15) is 11.7 Å². The number of rotatable bonds is 2. The molecular weight excluding hydrogens is 180 g/mol. The Bertz CT molecular complexity index is 298. The van der Waals surface area contributed by atoms with Crippen LogP contribution in [0.25, 0.3) is 0 Å². The summed E-state index contributed by atoms with van der Waals surface area (Å²) in [5, 5.41) is 17.9. The van der Waals surface area contributed by atoms with Gasteiger partial charge < -0.3 is 10.2 Å². The third-order valence-corrected chi connectivity index (χ3v) is 1.63. The molecule has 1 aromatic rings. The van der Waals surface area contributed by atoms with E-state index in [0.717, 1.165) is 0 Å². The molecule has 0 saturated carbocycles. The number of carboxylic acid groups (broad SMARTS) is 1. The summed E-state index contributed by atoms with van der Waals surface area (Å²) in [6.45, 7) is 0. The van der Waals surface area contributed by atoms with E-state index in [1.807, 2.05) is 0 Å². The standard InChI is InChI=1S/C8H7ClO3/c9-6-3-1-2-5(4-6)7(10)8(11)12/h1-4,7,10H,(H,11,12)/t7-/m0/s1. The molecule has 0 spiro atoms. The van der Waals surface area contributed by atoms with Crippen molar-refractivity contribution in [1.82, 2.24) is 0 Å².